The number of nitrogens with one attached hydrogen (secondary N) is 1. The van der Waals surface area contributed by atoms with Crippen LogP contribution in [0.15, 0.2) is 79.1 Å². The van der Waals surface area contributed by atoms with Crippen LogP contribution in [0.2, 0.25) is 0 Å². The zero-order valence-corrected chi connectivity index (χ0v) is 21.4. The molecule has 0 aliphatic heterocycles. The van der Waals surface area contributed by atoms with Gasteiger partial charge in [-0.05, 0) is 72.5 Å². The summed E-state index contributed by atoms with van der Waals surface area (Å²) in [7, 11) is 3.62. The Bertz CT molecular complexity index is 1600. The predicted octanol–water partition coefficient (Wildman–Crippen LogP) is 7.07. The molecule has 0 aliphatic carbocycles. The van der Waals surface area contributed by atoms with Crippen LogP contribution >= 0.6 is 0 Å². The van der Waals surface area contributed by atoms with E-state index in [1.807, 2.05) is 66.5 Å². The van der Waals surface area contributed by atoms with Gasteiger partial charge in [0.15, 0.2) is 0 Å². The van der Waals surface area contributed by atoms with Crippen LogP contribution in [0.5, 0.6) is 11.5 Å². The van der Waals surface area contributed by atoms with E-state index in [-0.39, 0.29) is 0 Å². The fourth-order valence-electron chi connectivity index (χ4n) is 4.78. The molecule has 0 aliphatic rings. The molecule has 0 saturated carbocycles. The number of nitriles is 1. The minimum Gasteiger partial charge on any atom is -0.497 e. The van der Waals surface area contributed by atoms with Crippen LogP contribution in [-0.4, -0.2) is 24.1 Å². The third kappa shape index (κ3) is 4.48. The molecule has 6 nitrogen and oxygen atoms in total. The van der Waals surface area contributed by atoms with Gasteiger partial charge in [-0.1, -0.05) is 36.4 Å². The molecule has 1 aromatic heterocycles. The number of ether oxygens (including phenoxy) is 2. The van der Waals surface area contributed by atoms with Gasteiger partial charge in [0.25, 0.3) is 0 Å². The summed E-state index contributed by atoms with van der Waals surface area (Å²) in [6.45, 7) is 4.62. The second-order valence-electron chi connectivity index (χ2n) is 8.97. The lowest BCUT2D eigenvalue weighted by Gasteiger charge is -2.26. The number of H-pyrrole nitrogens is 1. The molecule has 0 fully saturated rings. The number of benzene rings is 4. The van der Waals surface area contributed by atoms with Crippen molar-refractivity contribution in [3.8, 4) is 28.7 Å². The van der Waals surface area contributed by atoms with E-state index in [4.69, 9.17) is 9.47 Å². The van der Waals surface area contributed by atoms with Gasteiger partial charge in [-0.25, -0.2) is 4.98 Å². The first-order valence-corrected chi connectivity index (χ1v) is 12.1. The van der Waals surface area contributed by atoms with Crippen LogP contribution in [-0.2, 0) is 6.61 Å². The lowest BCUT2D eigenvalue weighted by molar-refractivity contribution is 0.304. The number of hydrogen-bond donors (Lipinski definition) is 1. The Balaban J connectivity index is 1.70. The van der Waals surface area contributed by atoms with Gasteiger partial charge in [0.1, 0.15) is 24.2 Å². The lowest BCUT2D eigenvalue weighted by atomic mass is 9.90. The fraction of sp³-hybridized carbons (Fsp3) is 0.161. The number of methoxy groups -OCH3 is 1. The molecule has 5 aromatic rings. The van der Waals surface area contributed by atoms with Crippen molar-refractivity contribution in [2.45, 2.75) is 20.5 Å². The summed E-state index contributed by atoms with van der Waals surface area (Å²) in [5, 5.41) is 10.2. The van der Waals surface area contributed by atoms with E-state index in [1.54, 1.807) is 13.4 Å². The highest BCUT2D eigenvalue weighted by Gasteiger charge is 2.24. The number of imidazole rings is 1. The van der Waals surface area contributed by atoms with E-state index in [0.717, 1.165) is 61.7 Å². The number of aromatic nitrogens is 2. The monoisotopic (exact) mass is 488 g/mol. The topological polar surface area (TPSA) is 74.2 Å². The maximum atomic E-state index is 10.2. The molecule has 6 heteroatoms. The maximum Gasteiger partial charge on any atom is 0.123 e. The van der Waals surface area contributed by atoms with Crippen LogP contribution in [0.3, 0.4) is 0 Å². The first-order chi connectivity index (χ1) is 18.0. The van der Waals surface area contributed by atoms with E-state index in [1.165, 1.54) is 0 Å². The van der Waals surface area contributed by atoms with E-state index in [2.05, 4.69) is 48.1 Å². The summed E-state index contributed by atoms with van der Waals surface area (Å²) >= 11 is 0. The second-order valence-corrected chi connectivity index (χ2v) is 8.97. The number of fused-ring (bicyclic) bond motifs is 1. The van der Waals surface area contributed by atoms with Crippen LogP contribution in [0.1, 0.15) is 22.3 Å². The van der Waals surface area contributed by atoms with E-state index in [0.29, 0.717) is 12.2 Å². The Kier molecular flexibility index (Phi) is 6.53. The molecule has 0 saturated heterocycles. The molecule has 4 aromatic carbocycles. The molecule has 0 bridgehead atoms. The summed E-state index contributed by atoms with van der Waals surface area (Å²) < 4.78 is 11.6. The van der Waals surface area contributed by atoms with Crippen molar-refractivity contribution in [3.63, 3.8) is 0 Å². The summed E-state index contributed by atoms with van der Waals surface area (Å²) in [6, 6.07) is 26.3. The van der Waals surface area contributed by atoms with Gasteiger partial charge in [0, 0.05) is 18.3 Å². The van der Waals surface area contributed by atoms with Gasteiger partial charge >= 0.3 is 0 Å². The number of hydrogen-bond acceptors (Lipinski definition) is 5. The Hall–Kier alpha value is -4.76. The molecule has 0 unspecified atom stereocenters. The highest BCUT2D eigenvalue weighted by Crippen LogP contribution is 2.45. The average Bonchev–Trinajstić information content (AvgIpc) is 3.41. The Morgan fingerprint density at radius 3 is 2.43 bits per heavy atom. The molecule has 1 N–H and O–H groups in total. The molecule has 0 radical (unpaired) electrons. The van der Waals surface area contributed by atoms with Gasteiger partial charge < -0.3 is 19.4 Å². The second kappa shape index (κ2) is 10.1. The third-order valence-electron chi connectivity index (χ3n) is 6.71. The van der Waals surface area contributed by atoms with E-state index >= 15 is 0 Å². The van der Waals surface area contributed by atoms with Crippen molar-refractivity contribution < 1.29 is 9.47 Å². The first kappa shape index (κ1) is 24.0. The zero-order chi connectivity index (χ0) is 25.9. The lowest BCUT2D eigenvalue weighted by Crippen LogP contribution is -2.13. The fourth-order valence-corrected chi connectivity index (χ4v) is 4.78. The van der Waals surface area contributed by atoms with Crippen LogP contribution in [0.4, 0.5) is 11.4 Å². The summed E-state index contributed by atoms with van der Waals surface area (Å²) in [5.74, 6) is 1.57. The first-order valence-electron chi connectivity index (χ1n) is 12.1. The van der Waals surface area contributed by atoms with Gasteiger partial charge in [-0.3, -0.25) is 0 Å². The van der Waals surface area contributed by atoms with E-state index in [9.17, 15) is 5.26 Å². The quantitative estimate of drug-likeness (QED) is 0.265. The Morgan fingerprint density at radius 1 is 0.973 bits per heavy atom. The smallest absolute Gasteiger partial charge is 0.123 e. The van der Waals surface area contributed by atoms with Crippen molar-refractivity contribution in [1.82, 2.24) is 9.97 Å². The van der Waals surface area contributed by atoms with E-state index < -0.39 is 0 Å². The summed E-state index contributed by atoms with van der Waals surface area (Å²) in [6.07, 6.45) is 1.67. The van der Waals surface area contributed by atoms with Gasteiger partial charge in [-0.2, -0.15) is 5.26 Å². The predicted molar refractivity (Wildman–Crippen MR) is 148 cm³/mol. The molecular weight excluding hydrogens is 460 g/mol. The van der Waals surface area contributed by atoms with Crippen molar-refractivity contribution in [1.29, 1.82) is 5.26 Å². The van der Waals surface area contributed by atoms with Crippen LogP contribution < -0.4 is 14.4 Å². The summed E-state index contributed by atoms with van der Waals surface area (Å²) in [5.41, 5.74) is 8.98. The van der Waals surface area contributed by atoms with Gasteiger partial charge in [0.05, 0.1) is 35.7 Å². The van der Waals surface area contributed by atoms with Gasteiger partial charge in [-0.15, -0.1) is 0 Å². The van der Waals surface area contributed by atoms with Crippen LogP contribution in [0, 0.1) is 25.2 Å². The van der Waals surface area contributed by atoms with Crippen molar-refractivity contribution in [2.24, 2.45) is 0 Å². The Labute approximate surface area is 216 Å². The third-order valence-corrected chi connectivity index (χ3v) is 6.71. The normalized spacial score (nSPS) is 10.8. The molecule has 1 heterocycles. The van der Waals surface area contributed by atoms with Gasteiger partial charge in [0.2, 0.25) is 0 Å². The molecule has 37 heavy (non-hydrogen) atoms. The molecule has 5 rings (SSSR count). The number of nitrogens with zero attached hydrogens (tertiary/aromatic N) is 3. The largest absolute Gasteiger partial charge is 0.497 e. The molecular formula is C31H28N4O2. The molecule has 0 atom stereocenters. The number of aromatic amines is 1. The minimum atomic E-state index is 0.471. The summed E-state index contributed by atoms with van der Waals surface area (Å²) in [4.78, 5) is 9.92. The van der Waals surface area contributed by atoms with Crippen molar-refractivity contribution >= 4 is 22.4 Å². The zero-order valence-electron chi connectivity index (χ0n) is 21.4. The van der Waals surface area contributed by atoms with Crippen LogP contribution in [0.25, 0.3) is 22.2 Å². The number of aryl methyl sites for hydroxylation is 1. The van der Waals surface area contributed by atoms with Crippen molar-refractivity contribution in [2.75, 3.05) is 19.1 Å². The Morgan fingerprint density at radius 2 is 1.73 bits per heavy atom. The molecule has 184 valence electrons. The van der Waals surface area contributed by atoms with Crippen molar-refractivity contribution in [3.05, 3.63) is 101 Å². The molecule has 0 amide bonds. The molecule has 0 spiro atoms. The average molecular weight is 489 g/mol. The number of rotatable bonds is 7. The maximum absolute atomic E-state index is 10.2. The SMILES string of the molecule is COc1ccc(N(C)c2c(C#N)cc3[nH]cnc3c2-c2c(C)ccc(OCc3ccccc3)c2C)cc1. The highest BCUT2D eigenvalue weighted by atomic mass is 16.5. The standard InChI is InChI=1S/C31H28N4O2/c1-20-10-15-27(37-18-22-8-6-5-7-9-22)21(2)28(20)29-30-26(33-19-34-30)16-23(17-32)31(29)35(3)24-11-13-25(36-4)14-12-24/h5-16,19H,18H2,1-4H3,(H,33,34). The number of anilines is 2. The minimum absolute atomic E-state index is 0.471. The highest BCUT2D eigenvalue weighted by molar-refractivity contribution is 6.04.